The van der Waals surface area contributed by atoms with Crippen LogP contribution in [-0.2, 0) is 16.1 Å². The van der Waals surface area contributed by atoms with Crippen molar-refractivity contribution in [2.45, 2.75) is 19.5 Å². The number of allylic oxidation sites excluding steroid dienone is 4. The van der Waals surface area contributed by atoms with E-state index in [0.717, 1.165) is 11.3 Å². The number of halogens is 3. The largest absolute Gasteiger partial charge is 0.408 e. The molecule has 1 aromatic rings. The molecule has 1 N–H and O–H groups in total. The van der Waals surface area contributed by atoms with E-state index in [2.05, 4.69) is 15.6 Å². The number of hydrogen-bond acceptors (Lipinski definition) is 5. The van der Waals surface area contributed by atoms with Gasteiger partial charge in [-0.2, -0.15) is 18.3 Å². The van der Waals surface area contributed by atoms with Crippen LogP contribution >= 0.6 is 0 Å². The second-order valence-corrected chi connectivity index (χ2v) is 6.56. The molecule has 0 aromatic heterocycles. The molecular weight excluding hydrogens is 385 g/mol. The minimum absolute atomic E-state index is 0.0198. The summed E-state index contributed by atoms with van der Waals surface area (Å²) in [6.07, 6.45) is 3.85. The topological polar surface area (TPSA) is 66.3 Å². The van der Waals surface area contributed by atoms with Crippen molar-refractivity contribution >= 4 is 17.5 Å². The molecule has 3 rings (SSSR count). The van der Waals surface area contributed by atoms with E-state index in [1.54, 1.807) is 12.1 Å². The first-order valence-electron chi connectivity index (χ1n) is 9.19. The number of hydrogen-bond donors (Lipinski definition) is 1. The number of rotatable bonds is 6. The third-order valence-corrected chi connectivity index (χ3v) is 4.30. The number of amides is 1. The fourth-order valence-electron chi connectivity index (χ4n) is 3.00. The van der Waals surface area contributed by atoms with Crippen molar-refractivity contribution in [2.24, 2.45) is 16.2 Å². The zero-order valence-electron chi connectivity index (χ0n) is 15.8. The number of nitrogens with one attached hydrogen (secondary N) is 1. The predicted molar refractivity (Wildman–Crippen MR) is 103 cm³/mol. The Morgan fingerprint density at radius 1 is 1.34 bits per heavy atom. The lowest BCUT2D eigenvalue weighted by Crippen LogP contribution is -2.47. The lowest BCUT2D eigenvalue weighted by molar-refractivity contribution is -0.161. The molecular formula is C20H21F3N4O2. The number of alkyl halides is 3. The highest BCUT2D eigenvalue weighted by atomic mass is 19.4. The maximum atomic E-state index is 12.7. The minimum atomic E-state index is -4.51. The molecule has 0 spiro atoms. The fraction of sp³-hybridized carbons (Fsp3) is 0.350. The van der Waals surface area contributed by atoms with Gasteiger partial charge in [0.25, 0.3) is 5.91 Å². The van der Waals surface area contributed by atoms with Gasteiger partial charge < -0.3 is 10.2 Å². The lowest BCUT2D eigenvalue weighted by Gasteiger charge is -2.25. The van der Waals surface area contributed by atoms with Crippen LogP contribution in [0.2, 0.25) is 0 Å². The fourth-order valence-corrected chi connectivity index (χ4v) is 3.00. The van der Waals surface area contributed by atoms with Gasteiger partial charge in [-0.15, -0.1) is 0 Å². The van der Waals surface area contributed by atoms with Gasteiger partial charge in [0.15, 0.2) is 5.84 Å². The summed E-state index contributed by atoms with van der Waals surface area (Å²) >= 11 is 0. The first-order valence-corrected chi connectivity index (χ1v) is 9.19. The van der Waals surface area contributed by atoms with E-state index in [1.807, 2.05) is 43.4 Å². The van der Waals surface area contributed by atoms with Gasteiger partial charge in [0.05, 0.1) is 12.3 Å². The summed E-state index contributed by atoms with van der Waals surface area (Å²) in [5, 5.41) is 11.2. The van der Waals surface area contributed by atoms with Gasteiger partial charge in [-0.1, -0.05) is 41.6 Å². The Bertz CT molecular complexity index is 875. The first kappa shape index (κ1) is 20.6. The second kappa shape index (κ2) is 8.93. The lowest BCUT2D eigenvalue weighted by atomic mass is 9.91. The van der Waals surface area contributed by atoms with E-state index in [-0.39, 0.29) is 18.3 Å². The molecule has 0 saturated heterocycles. The van der Waals surface area contributed by atoms with Crippen LogP contribution in [-0.4, -0.2) is 48.3 Å². The Labute approximate surface area is 166 Å². The zero-order valence-corrected chi connectivity index (χ0v) is 15.8. The second-order valence-electron chi connectivity index (χ2n) is 6.56. The highest BCUT2D eigenvalue weighted by Crippen LogP contribution is 2.20. The smallest absolute Gasteiger partial charge is 0.396 e. The number of carbonyl (C=O) groups excluding carboxylic acids is 1. The summed E-state index contributed by atoms with van der Waals surface area (Å²) in [5.74, 6) is -0.470. The highest BCUT2D eigenvalue weighted by Gasteiger charge is 2.35. The van der Waals surface area contributed by atoms with Gasteiger partial charge in [0.1, 0.15) is 13.2 Å². The third-order valence-electron chi connectivity index (χ3n) is 4.30. The molecule has 1 unspecified atom stereocenters. The number of amidine groups is 1. The summed E-state index contributed by atoms with van der Waals surface area (Å²) in [4.78, 5) is 16.9. The molecule has 1 heterocycles. The van der Waals surface area contributed by atoms with Gasteiger partial charge >= 0.3 is 6.18 Å². The monoisotopic (exact) mass is 406 g/mol. The van der Waals surface area contributed by atoms with Crippen molar-refractivity contribution in [1.29, 1.82) is 0 Å². The molecule has 1 amide bonds. The van der Waals surface area contributed by atoms with E-state index < -0.39 is 18.6 Å². The molecule has 9 heteroatoms. The van der Waals surface area contributed by atoms with Crippen LogP contribution in [0.25, 0.3) is 0 Å². The molecule has 0 saturated carbocycles. The number of oxime groups is 1. The highest BCUT2D eigenvalue weighted by molar-refractivity contribution is 6.03. The molecule has 1 aliphatic heterocycles. The third kappa shape index (κ3) is 5.69. The Morgan fingerprint density at radius 2 is 2.17 bits per heavy atom. The molecule has 1 atom stereocenters. The zero-order chi connectivity index (χ0) is 20.9. The minimum Gasteiger partial charge on any atom is -0.396 e. The standard InChI is InChI=1S/C20H21F3N4O2/c1-2-29-26-17-9-4-3-7-15(17)10-14-6-5-8-16(11-14)19-24-12-18(28)27(25-19)13-20(21,22)23/h3-9,11,15H,2,10,12-13H2,1H3,(H,24,25). The van der Waals surface area contributed by atoms with E-state index in [9.17, 15) is 18.0 Å². The molecule has 154 valence electrons. The van der Waals surface area contributed by atoms with Crippen molar-refractivity contribution in [2.75, 3.05) is 19.7 Å². The van der Waals surface area contributed by atoms with Crippen molar-refractivity contribution in [3.05, 3.63) is 59.7 Å². The quantitative estimate of drug-likeness (QED) is 0.739. The number of hydrazone groups is 1. The molecule has 2 aliphatic rings. The van der Waals surface area contributed by atoms with Crippen LogP contribution in [0.3, 0.4) is 0 Å². The van der Waals surface area contributed by atoms with Gasteiger partial charge in [-0.05, 0) is 31.1 Å². The molecule has 1 aliphatic carbocycles. The van der Waals surface area contributed by atoms with Gasteiger partial charge in [-0.25, -0.2) is 5.01 Å². The van der Waals surface area contributed by atoms with Crippen molar-refractivity contribution in [1.82, 2.24) is 10.3 Å². The predicted octanol–water partition coefficient (Wildman–Crippen LogP) is 3.02. The van der Waals surface area contributed by atoms with E-state index >= 15 is 0 Å². The van der Waals surface area contributed by atoms with Gasteiger partial charge in [0.2, 0.25) is 0 Å². The molecule has 0 radical (unpaired) electrons. The number of nitrogens with zero attached hydrogens (tertiary/aromatic N) is 3. The van der Waals surface area contributed by atoms with Crippen molar-refractivity contribution in [3.8, 4) is 0 Å². The molecule has 1 aromatic carbocycles. The van der Waals surface area contributed by atoms with Crippen molar-refractivity contribution in [3.63, 3.8) is 0 Å². The van der Waals surface area contributed by atoms with Gasteiger partial charge in [0, 0.05) is 11.5 Å². The molecule has 6 nitrogen and oxygen atoms in total. The van der Waals surface area contributed by atoms with Crippen LogP contribution in [0.1, 0.15) is 18.1 Å². The maximum absolute atomic E-state index is 12.7. The van der Waals surface area contributed by atoms with Crippen LogP contribution < -0.4 is 5.32 Å². The summed E-state index contributed by atoms with van der Waals surface area (Å²) < 4.78 is 38.0. The van der Waals surface area contributed by atoms with Crippen molar-refractivity contribution < 1.29 is 22.8 Å². The van der Waals surface area contributed by atoms with Crippen LogP contribution in [0.5, 0.6) is 0 Å². The maximum Gasteiger partial charge on any atom is 0.408 e. The summed E-state index contributed by atoms with van der Waals surface area (Å²) in [6.45, 7) is 0.686. The summed E-state index contributed by atoms with van der Waals surface area (Å²) in [7, 11) is 0. The SMILES string of the molecule is CCON=C1C=CC=CC1Cc1cccc(C2=NN(CC(F)(F)F)C(=O)CN2)c1. The summed E-state index contributed by atoms with van der Waals surface area (Å²) in [5.41, 5.74) is 2.37. The van der Waals surface area contributed by atoms with Crippen LogP contribution in [0.4, 0.5) is 13.2 Å². The first-order chi connectivity index (χ1) is 13.9. The number of benzene rings is 1. The number of carbonyl (C=O) groups is 1. The average molecular weight is 406 g/mol. The Balaban J connectivity index is 1.79. The molecule has 0 fully saturated rings. The van der Waals surface area contributed by atoms with E-state index in [4.69, 9.17) is 4.84 Å². The summed E-state index contributed by atoms with van der Waals surface area (Å²) in [6, 6.07) is 7.32. The molecule has 29 heavy (non-hydrogen) atoms. The Morgan fingerprint density at radius 3 is 2.93 bits per heavy atom. The van der Waals surface area contributed by atoms with Gasteiger partial charge in [-0.3, -0.25) is 4.79 Å². The molecule has 0 bridgehead atoms. The normalized spacial score (nSPS) is 20.6. The Hall–Kier alpha value is -3.10. The van der Waals surface area contributed by atoms with E-state index in [1.165, 1.54) is 0 Å². The van der Waals surface area contributed by atoms with Crippen LogP contribution in [0, 0.1) is 5.92 Å². The van der Waals surface area contributed by atoms with E-state index in [0.29, 0.717) is 23.6 Å². The average Bonchev–Trinajstić information content (AvgIpc) is 2.68. The van der Waals surface area contributed by atoms with Crippen LogP contribution in [0.15, 0.2) is 58.8 Å². The Kier molecular flexibility index (Phi) is 6.36.